The predicted octanol–water partition coefficient (Wildman–Crippen LogP) is 4.22. The van der Waals surface area contributed by atoms with Gasteiger partial charge in [0.1, 0.15) is 35.6 Å². The van der Waals surface area contributed by atoms with Gasteiger partial charge in [-0.25, -0.2) is 19.4 Å². The van der Waals surface area contributed by atoms with Crippen molar-refractivity contribution >= 4 is 40.7 Å². The van der Waals surface area contributed by atoms with Crippen LogP contribution in [0.4, 0.5) is 4.79 Å². The van der Waals surface area contributed by atoms with Gasteiger partial charge in [-0.15, -0.1) is 6.58 Å². The number of rotatable bonds is 10. The van der Waals surface area contributed by atoms with Crippen LogP contribution in [0.2, 0.25) is 0 Å². The monoisotopic (exact) mass is 678 g/mol. The molecule has 264 valence electrons. The van der Waals surface area contributed by atoms with Crippen molar-refractivity contribution < 1.29 is 43.3 Å². The zero-order valence-corrected chi connectivity index (χ0v) is 29.0. The molecule has 3 fully saturated rings. The molecule has 13 nitrogen and oxygen atoms in total. The van der Waals surface area contributed by atoms with Gasteiger partial charge in [-0.1, -0.05) is 32.9 Å². The number of aryl methyl sites for hydroxylation is 2. The Bertz CT molecular complexity index is 1680. The summed E-state index contributed by atoms with van der Waals surface area (Å²) in [5.74, 6) is -3.07. The van der Waals surface area contributed by atoms with E-state index >= 15 is 0 Å². The molecule has 0 spiro atoms. The molecule has 5 atom stereocenters. The van der Waals surface area contributed by atoms with Crippen LogP contribution < -0.4 is 15.4 Å². The molecule has 3 amide bonds. The summed E-state index contributed by atoms with van der Waals surface area (Å²) in [6.07, 6.45) is 3.66. The zero-order valence-electron chi connectivity index (χ0n) is 29.0. The van der Waals surface area contributed by atoms with Crippen molar-refractivity contribution in [3.63, 3.8) is 0 Å². The number of nitrogens with zero attached hydrogens (tertiary/aromatic N) is 2. The number of carbonyl (C=O) groups excluding carboxylic acids is 4. The van der Waals surface area contributed by atoms with E-state index in [-0.39, 0.29) is 36.4 Å². The first-order valence-corrected chi connectivity index (χ1v) is 16.7. The van der Waals surface area contributed by atoms with Crippen LogP contribution in [0.3, 0.4) is 0 Å². The van der Waals surface area contributed by atoms with Gasteiger partial charge >= 0.3 is 18.0 Å². The summed E-state index contributed by atoms with van der Waals surface area (Å²) in [5, 5.41) is 16.0. The van der Waals surface area contributed by atoms with E-state index in [0.717, 1.165) is 36.8 Å². The van der Waals surface area contributed by atoms with Gasteiger partial charge in [-0.05, 0) is 68.6 Å². The lowest BCUT2D eigenvalue weighted by atomic mass is 9.85. The molecule has 1 saturated heterocycles. The fourth-order valence-corrected chi connectivity index (χ4v) is 6.87. The van der Waals surface area contributed by atoms with Crippen LogP contribution >= 0.6 is 0 Å². The number of alkyl carbamates (subject to hydrolysis) is 1. The van der Waals surface area contributed by atoms with Gasteiger partial charge in [-0.2, -0.15) is 0 Å². The average molecular weight is 679 g/mol. The quantitative estimate of drug-likeness (QED) is 0.244. The SMILES string of the molecule is C=C[C@@H]1C[C@]1(NC(=O)[C@@H]1C[C@@H](Oc2cc(C(=O)O)nc3c(C)c(C)ccc23)CN1C(=O)[C@@H](NC(=O)OC1CCCC1)C(C)(C)C)C(=O)OC. The highest BCUT2D eigenvalue weighted by Crippen LogP contribution is 2.45. The number of ether oxygens (including phenoxy) is 3. The first-order valence-electron chi connectivity index (χ1n) is 16.7. The van der Waals surface area contributed by atoms with Crippen LogP contribution in [0.25, 0.3) is 10.9 Å². The molecule has 0 bridgehead atoms. The number of pyridine rings is 1. The van der Waals surface area contributed by atoms with Crippen LogP contribution in [-0.4, -0.2) is 88.3 Å². The summed E-state index contributed by atoms with van der Waals surface area (Å²) in [6.45, 7) is 12.9. The molecule has 5 rings (SSSR count). The van der Waals surface area contributed by atoms with E-state index < -0.39 is 59.0 Å². The highest BCUT2D eigenvalue weighted by atomic mass is 16.6. The van der Waals surface area contributed by atoms with E-state index in [9.17, 15) is 29.1 Å². The van der Waals surface area contributed by atoms with Gasteiger partial charge in [0.25, 0.3) is 0 Å². The number of carboxylic acid groups (broad SMARTS) is 1. The van der Waals surface area contributed by atoms with E-state index in [1.54, 1.807) is 32.9 Å². The molecule has 3 aliphatic rings. The second-order valence-corrected chi connectivity index (χ2v) is 14.5. The van der Waals surface area contributed by atoms with Crippen LogP contribution in [0.1, 0.15) is 80.9 Å². The smallest absolute Gasteiger partial charge is 0.408 e. The third-order valence-corrected chi connectivity index (χ3v) is 9.97. The Morgan fingerprint density at radius 1 is 1.12 bits per heavy atom. The van der Waals surface area contributed by atoms with Gasteiger partial charge in [0.15, 0.2) is 5.69 Å². The lowest BCUT2D eigenvalue weighted by Gasteiger charge is -2.35. The van der Waals surface area contributed by atoms with Crippen molar-refractivity contribution in [3.05, 3.63) is 47.7 Å². The lowest BCUT2D eigenvalue weighted by molar-refractivity contribution is -0.148. The number of benzene rings is 1. The Labute approximate surface area is 285 Å². The number of esters is 1. The second kappa shape index (κ2) is 13.7. The molecular formula is C36H46N4O9. The number of hydrogen-bond donors (Lipinski definition) is 3. The molecule has 13 heteroatoms. The van der Waals surface area contributed by atoms with E-state index in [1.807, 2.05) is 19.9 Å². The second-order valence-electron chi connectivity index (χ2n) is 14.5. The Morgan fingerprint density at radius 3 is 2.41 bits per heavy atom. The standard InChI is InChI=1S/C36H46N4O9/c1-8-21-17-36(21,33(45)47-7)39-30(41)26-15-23(48-27-16-25(32(43)44)37-28-20(3)19(2)13-14-24(27)28)18-40(26)31(42)29(35(4,5)6)38-34(46)49-22-11-9-10-12-22/h8,13-14,16,21-23,26,29H,1,9-12,15,17-18H2,2-7H3,(H,38,46)(H,39,41)(H,43,44)/t21-,23-,26+,29-,36-/m1/s1. The minimum absolute atomic E-state index is 0.0219. The number of hydrogen-bond acceptors (Lipinski definition) is 9. The maximum atomic E-state index is 14.4. The van der Waals surface area contributed by atoms with Crippen molar-refractivity contribution in [1.82, 2.24) is 20.5 Å². The van der Waals surface area contributed by atoms with Gasteiger partial charge in [0, 0.05) is 23.8 Å². The van der Waals surface area contributed by atoms with Crippen molar-refractivity contribution in [3.8, 4) is 5.75 Å². The predicted molar refractivity (Wildman–Crippen MR) is 179 cm³/mol. The molecule has 2 aromatic rings. The molecular weight excluding hydrogens is 632 g/mol. The number of carbonyl (C=O) groups is 5. The van der Waals surface area contributed by atoms with Gasteiger partial charge in [0.05, 0.1) is 19.2 Å². The van der Waals surface area contributed by atoms with E-state index in [0.29, 0.717) is 17.3 Å². The zero-order chi connectivity index (χ0) is 35.8. The number of carboxylic acids is 1. The number of aromatic nitrogens is 1. The van der Waals surface area contributed by atoms with E-state index in [4.69, 9.17) is 14.2 Å². The first-order chi connectivity index (χ1) is 23.1. The molecule has 49 heavy (non-hydrogen) atoms. The fourth-order valence-electron chi connectivity index (χ4n) is 6.87. The molecule has 2 saturated carbocycles. The minimum Gasteiger partial charge on any atom is -0.488 e. The van der Waals surface area contributed by atoms with Crippen molar-refractivity contribution in [2.45, 2.75) is 103 Å². The summed E-state index contributed by atoms with van der Waals surface area (Å²) in [5.41, 5.74) is -0.107. The number of fused-ring (bicyclic) bond motifs is 1. The number of likely N-dealkylation sites (tertiary alicyclic amines) is 1. The number of methoxy groups -OCH3 is 1. The van der Waals surface area contributed by atoms with Crippen LogP contribution in [-0.2, 0) is 23.9 Å². The number of amides is 3. The van der Waals surface area contributed by atoms with Gasteiger partial charge in [0.2, 0.25) is 11.8 Å². The maximum Gasteiger partial charge on any atom is 0.408 e. The fraction of sp³-hybridized carbons (Fsp3) is 0.556. The number of aromatic carboxylic acids is 1. The first kappa shape index (κ1) is 35.6. The maximum absolute atomic E-state index is 14.4. The lowest BCUT2D eigenvalue weighted by Crippen LogP contribution is -2.59. The van der Waals surface area contributed by atoms with Crippen molar-refractivity contribution in [2.24, 2.45) is 11.3 Å². The summed E-state index contributed by atoms with van der Waals surface area (Å²) >= 11 is 0. The highest BCUT2D eigenvalue weighted by molar-refractivity contribution is 5.97. The summed E-state index contributed by atoms with van der Waals surface area (Å²) in [7, 11) is 1.24. The normalized spacial score (nSPS) is 24.2. The Hall–Kier alpha value is -4.68. The molecule has 1 aliphatic heterocycles. The van der Waals surface area contributed by atoms with Crippen LogP contribution in [0, 0.1) is 25.2 Å². The van der Waals surface area contributed by atoms with Gasteiger partial charge < -0.3 is 34.9 Å². The van der Waals surface area contributed by atoms with Crippen molar-refractivity contribution in [2.75, 3.05) is 13.7 Å². The molecule has 1 aromatic heterocycles. The highest BCUT2D eigenvalue weighted by Gasteiger charge is 2.62. The topological polar surface area (TPSA) is 173 Å². The minimum atomic E-state index is -1.30. The molecule has 0 radical (unpaired) electrons. The van der Waals surface area contributed by atoms with Crippen molar-refractivity contribution in [1.29, 1.82) is 0 Å². The molecule has 3 N–H and O–H groups in total. The molecule has 2 aliphatic carbocycles. The molecule has 2 heterocycles. The van der Waals surface area contributed by atoms with Gasteiger partial charge in [-0.3, -0.25) is 9.59 Å². The Morgan fingerprint density at radius 2 is 1.82 bits per heavy atom. The summed E-state index contributed by atoms with van der Waals surface area (Å²) < 4.78 is 17.0. The number of nitrogens with one attached hydrogen (secondary N) is 2. The summed E-state index contributed by atoms with van der Waals surface area (Å²) in [4.78, 5) is 72.0. The van der Waals surface area contributed by atoms with Crippen LogP contribution in [0.15, 0.2) is 30.9 Å². The van der Waals surface area contributed by atoms with Crippen LogP contribution in [0.5, 0.6) is 5.75 Å². The molecule has 0 unspecified atom stereocenters. The molecule has 1 aromatic carbocycles. The van der Waals surface area contributed by atoms with E-state index in [1.165, 1.54) is 18.1 Å². The summed E-state index contributed by atoms with van der Waals surface area (Å²) in [6, 6.07) is 2.85. The largest absolute Gasteiger partial charge is 0.488 e. The van der Waals surface area contributed by atoms with E-state index in [2.05, 4.69) is 22.2 Å². The Balaban J connectivity index is 1.47. The average Bonchev–Trinajstić information content (AvgIpc) is 3.32. The Kier molecular flexibility index (Phi) is 9.94. The third kappa shape index (κ3) is 7.20. The third-order valence-electron chi connectivity index (χ3n) is 9.97.